The van der Waals surface area contributed by atoms with Gasteiger partial charge in [0, 0.05) is 45.0 Å². The van der Waals surface area contributed by atoms with Crippen molar-refractivity contribution in [2.45, 2.75) is 52.4 Å². The molecule has 0 N–H and O–H groups in total. The van der Waals surface area contributed by atoms with E-state index in [9.17, 15) is 0 Å². The third-order valence-corrected chi connectivity index (χ3v) is 15.2. The molecule has 12 rings (SSSR count). The van der Waals surface area contributed by atoms with Crippen molar-refractivity contribution in [3.05, 3.63) is 264 Å². The van der Waals surface area contributed by atoms with E-state index in [1.54, 1.807) is 0 Å². The van der Waals surface area contributed by atoms with Gasteiger partial charge < -0.3 is 9.80 Å². The molecule has 0 aliphatic heterocycles. The molecule has 2 nitrogen and oxygen atoms in total. The first-order valence-corrected chi connectivity index (χ1v) is 24.7. The van der Waals surface area contributed by atoms with Gasteiger partial charge in [-0.3, -0.25) is 0 Å². The molecule has 0 fully saturated rings. The third kappa shape index (κ3) is 7.34. The van der Waals surface area contributed by atoms with E-state index in [4.69, 9.17) is 0 Å². The molecule has 0 amide bonds. The summed E-state index contributed by atoms with van der Waals surface area (Å²) in [7, 11) is 0. The highest BCUT2D eigenvalue weighted by molar-refractivity contribution is 5.90. The van der Waals surface area contributed by atoms with E-state index in [0.717, 1.165) is 28.4 Å². The van der Waals surface area contributed by atoms with Gasteiger partial charge in [0.05, 0.1) is 0 Å². The van der Waals surface area contributed by atoms with Gasteiger partial charge >= 0.3 is 0 Å². The predicted molar refractivity (Wildman–Crippen MR) is 297 cm³/mol. The summed E-state index contributed by atoms with van der Waals surface area (Å²) < 4.78 is 0. The summed E-state index contributed by atoms with van der Waals surface area (Å²) in [5.41, 5.74) is 27.3. The van der Waals surface area contributed by atoms with Crippen LogP contribution < -0.4 is 9.80 Å². The van der Waals surface area contributed by atoms with E-state index in [2.05, 4.69) is 282 Å². The second-order valence-electron chi connectivity index (χ2n) is 20.4. The standard InChI is InChI=1S/C68H56N2/c1-45-15-13-21-56(39-45)69(53-17-9-7-10-18-53)55-32-27-48(28-33-55)47-23-25-49(26-24-47)50-29-35-59-60-36-30-51(42-64(60)67(3,4)63(59)41-50)52-31-37-61-62-38-34-58(44-66(62)68(5,6)65(61)43-52)70(54-19-11-8-12-20-54)57-22-14-16-46(2)40-57/h7-44H,1-6H3. The fourth-order valence-electron chi connectivity index (χ4n) is 11.4. The Kier molecular flexibility index (Phi) is 10.3. The first-order valence-electron chi connectivity index (χ1n) is 24.7. The van der Waals surface area contributed by atoms with E-state index in [1.807, 2.05) is 0 Å². The van der Waals surface area contributed by atoms with Crippen LogP contribution in [-0.4, -0.2) is 0 Å². The van der Waals surface area contributed by atoms with Crippen LogP contribution in [0.4, 0.5) is 34.1 Å². The smallest absolute Gasteiger partial charge is 0.0465 e. The van der Waals surface area contributed by atoms with Gasteiger partial charge in [0.2, 0.25) is 0 Å². The Hall–Kier alpha value is -8.20. The van der Waals surface area contributed by atoms with Crippen LogP contribution in [0.15, 0.2) is 231 Å². The Balaban J connectivity index is 0.803. The molecule has 0 spiro atoms. The largest absolute Gasteiger partial charge is 0.310 e. The zero-order valence-corrected chi connectivity index (χ0v) is 40.8. The topological polar surface area (TPSA) is 6.48 Å². The zero-order valence-electron chi connectivity index (χ0n) is 40.8. The Bertz CT molecular complexity index is 3600. The first kappa shape index (κ1) is 43.1. The Morgan fingerprint density at radius 1 is 0.243 bits per heavy atom. The summed E-state index contributed by atoms with van der Waals surface area (Å²) in [5.74, 6) is 0. The van der Waals surface area contributed by atoms with Crippen LogP contribution in [0.25, 0.3) is 55.6 Å². The van der Waals surface area contributed by atoms with Crippen molar-refractivity contribution in [2.24, 2.45) is 0 Å². The second-order valence-corrected chi connectivity index (χ2v) is 20.4. The van der Waals surface area contributed by atoms with Crippen molar-refractivity contribution < 1.29 is 0 Å². The molecule has 0 bridgehead atoms. The number of benzene rings is 10. The highest BCUT2D eigenvalue weighted by Crippen LogP contribution is 2.54. The average Bonchev–Trinajstić information content (AvgIpc) is 3.75. The van der Waals surface area contributed by atoms with Crippen molar-refractivity contribution in [1.29, 1.82) is 0 Å². The molecule has 0 saturated carbocycles. The lowest BCUT2D eigenvalue weighted by Crippen LogP contribution is -2.17. The molecule has 0 atom stereocenters. The molecule has 0 heterocycles. The van der Waals surface area contributed by atoms with Crippen LogP contribution in [-0.2, 0) is 10.8 Å². The second kappa shape index (κ2) is 16.8. The predicted octanol–water partition coefficient (Wildman–Crippen LogP) is 18.9. The third-order valence-electron chi connectivity index (χ3n) is 15.2. The fraction of sp³-hybridized carbons (Fsp3) is 0.118. The van der Waals surface area contributed by atoms with E-state index in [1.165, 1.54) is 94.7 Å². The summed E-state index contributed by atoms with van der Waals surface area (Å²) in [4.78, 5) is 4.71. The van der Waals surface area contributed by atoms with Crippen molar-refractivity contribution in [2.75, 3.05) is 9.80 Å². The van der Waals surface area contributed by atoms with Gasteiger partial charge in [-0.2, -0.15) is 0 Å². The van der Waals surface area contributed by atoms with Gasteiger partial charge in [-0.05, 0) is 194 Å². The maximum atomic E-state index is 2.46. The highest BCUT2D eigenvalue weighted by atomic mass is 15.1. The maximum absolute atomic E-state index is 2.46. The molecular formula is C68H56N2. The number of aryl methyl sites for hydroxylation is 2. The van der Waals surface area contributed by atoms with Crippen LogP contribution >= 0.6 is 0 Å². The summed E-state index contributed by atoms with van der Waals surface area (Å²) in [6, 6.07) is 85.3. The fourth-order valence-corrected chi connectivity index (χ4v) is 11.4. The van der Waals surface area contributed by atoms with Crippen LogP contribution in [0.3, 0.4) is 0 Å². The van der Waals surface area contributed by atoms with Gasteiger partial charge in [-0.1, -0.05) is 167 Å². The molecule has 338 valence electrons. The zero-order chi connectivity index (χ0) is 47.7. The van der Waals surface area contributed by atoms with Crippen molar-refractivity contribution >= 4 is 34.1 Å². The molecule has 2 aliphatic rings. The first-order chi connectivity index (χ1) is 34.0. The molecule has 2 heteroatoms. The van der Waals surface area contributed by atoms with Gasteiger partial charge in [-0.15, -0.1) is 0 Å². The van der Waals surface area contributed by atoms with Crippen LogP contribution in [0.1, 0.15) is 61.1 Å². The van der Waals surface area contributed by atoms with Crippen LogP contribution in [0, 0.1) is 13.8 Å². The van der Waals surface area contributed by atoms with Gasteiger partial charge in [0.25, 0.3) is 0 Å². The molecule has 10 aromatic rings. The minimum Gasteiger partial charge on any atom is -0.310 e. The van der Waals surface area contributed by atoms with Crippen LogP contribution in [0.2, 0.25) is 0 Å². The lowest BCUT2D eigenvalue weighted by Gasteiger charge is -2.28. The molecule has 2 aliphatic carbocycles. The monoisotopic (exact) mass is 900 g/mol. The number of nitrogens with zero attached hydrogens (tertiary/aromatic N) is 2. The minimum absolute atomic E-state index is 0.158. The van der Waals surface area contributed by atoms with E-state index < -0.39 is 0 Å². The Morgan fingerprint density at radius 3 is 0.957 bits per heavy atom. The lowest BCUT2D eigenvalue weighted by molar-refractivity contribution is 0.659. The highest BCUT2D eigenvalue weighted by Gasteiger charge is 2.38. The normalized spacial score (nSPS) is 13.5. The maximum Gasteiger partial charge on any atom is 0.0465 e. The van der Waals surface area contributed by atoms with Crippen molar-refractivity contribution in [3.8, 4) is 55.6 Å². The molecule has 0 unspecified atom stereocenters. The summed E-state index contributed by atoms with van der Waals surface area (Å²) >= 11 is 0. The number of hydrogen-bond acceptors (Lipinski definition) is 2. The summed E-state index contributed by atoms with van der Waals surface area (Å²) in [5, 5.41) is 0. The van der Waals surface area contributed by atoms with Crippen LogP contribution in [0.5, 0.6) is 0 Å². The molecule has 0 aromatic heterocycles. The van der Waals surface area contributed by atoms with Gasteiger partial charge in [-0.25, -0.2) is 0 Å². The number of anilines is 6. The van der Waals surface area contributed by atoms with Gasteiger partial charge in [0.15, 0.2) is 0 Å². The summed E-state index contributed by atoms with van der Waals surface area (Å²) in [6.07, 6.45) is 0. The van der Waals surface area contributed by atoms with E-state index >= 15 is 0 Å². The number of para-hydroxylation sites is 2. The average molecular weight is 901 g/mol. The SMILES string of the molecule is Cc1cccc(N(c2ccccc2)c2ccc(-c3ccc(-c4ccc5c(c4)C(C)(C)c4cc(-c6ccc7c(c6)C(C)(C)c6cc(N(c8ccccc8)c8cccc(C)c8)ccc6-7)ccc4-5)cc3)cc2)c1. The summed E-state index contributed by atoms with van der Waals surface area (Å²) in [6.45, 7) is 13.9. The molecular weight excluding hydrogens is 845 g/mol. The Labute approximate surface area is 413 Å². The molecule has 70 heavy (non-hydrogen) atoms. The Morgan fingerprint density at radius 2 is 0.529 bits per heavy atom. The van der Waals surface area contributed by atoms with E-state index in [0.29, 0.717) is 0 Å². The van der Waals surface area contributed by atoms with E-state index in [-0.39, 0.29) is 10.8 Å². The number of hydrogen-bond donors (Lipinski definition) is 0. The van der Waals surface area contributed by atoms with Crippen molar-refractivity contribution in [3.63, 3.8) is 0 Å². The van der Waals surface area contributed by atoms with Gasteiger partial charge in [0.1, 0.15) is 0 Å². The molecule has 0 saturated heterocycles. The molecule has 0 radical (unpaired) electrons. The quantitative estimate of drug-likeness (QED) is 0.142. The number of rotatable bonds is 9. The lowest BCUT2D eigenvalue weighted by atomic mass is 9.80. The minimum atomic E-state index is -0.177. The van der Waals surface area contributed by atoms with Crippen molar-refractivity contribution in [1.82, 2.24) is 0 Å². The number of fused-ring (bicyclic) bond motifs is 6. The molecule has 10 aromatic carbocycles.